The Bertz CT molecular complexity index is 1250. The van der Waals surface area contributed by atoms with Gasteiger partial charge in [0.25, 0.3) is 5.56 Å². The Kier molecular flexibility index (Phi) is 5.05. The first-order valence-corrected chi connectivity index (χ1v) is 9.58. The lowest BCUT2D eigenvalue weighted by Gasteiger charge is -2.21. The fourth-order valence-corrected chi connectivity index (χ4v) is 3.29. The first kappa shape index (κ1) is 19.4. The average Bonchev–Trinajstić information content (AvgIpc) is 3.17. The summed E-state index contributed by atoms with van der Waals surface area (Å²) in [7, 11) is 0. The number of benzene rings is 2. The molecule has 2 N–H and O–H groups in total. The van der Waals surface area contributed by atoms with Crippen LogP contribution in [0, 0.1) is 5.92 Å². The van der Waals surface area contributed by atoms with Crippen molar-refractivity contribution in [1.82, 2.24) is 19.3 Å². The maximum absolute atomic E-state index is 13.4. The third kappa shape index (κ3) is 3.43. The normalized spacial score (nSPS) is 12.2. The van der Waals surface area contributed by atoms with Crippen molar-refractivity contribution in [3.63, 3.8) is 0 Å². The van der Waals surface area contributed by atoms with Crippen LogP contribution in [0.3, 0.4) is 0 Å². The predicted octanol–water partition coefficient (Wildman–Crippen LogP) is 3.09. The molecule has 0 spiro atoms. The number of nitrogens with zero attached hydrogens (tertiary/aromatic N) is 4. The minimum Gasteiger partial charge on any atom is -0.480 e. The molecule has 1 unspecified atom stereocenters. The third-order valence-electron chi connectivity index (χ3n) is 4.83. The Morgan fingerprint density at radius 2 is 1.60 bits per heavy atom. The molecule has 0 saturated carbocycles. The summed E-state index contributed by atoms with van der Waals surface area (Å²) in [6, 6.07) is 17.4. The molecule has 0 aliphatic carbocycles. The van der Waals surface area contributed by atoms with Gasteiger partial charge in [-0.05, 0) is 30.2 Å². The standard InChI is InChI=1S/C22H21N5O3/c1-14(2)18(21(29)30)24-22-25-19-17(13-23-27(19)16-11-7-4-8-12-16)20(28)26(22)15-9-5-3-6-10-15/h3-14,18H,1-2H3,(H,24,25)(H,29,30). The molecule has 0 amide bonds. The molecule has 1 atom stereocenters. The number of carboxylic acid groups (broad SMARTS) is 1. The van der Waals surface area contributed by atoms with Crippen molar-refractivity contribution in [1.29, 1.82) is 0 Å². The molecule has 152 valence electrons. The largest absolute Gasteiger partial charge is 0.480 e. The van der Waals surface area contributed by atoms with E-state index in [-0.39, 0.29) is 17.4 Å². The molecule has 2 aromatic carbocycles. The monoisotopic (exact) mass is 403 g/mol. The number of fused-ring (bicyclic) bond motifs is 1. The van der Waals surface area contributed by atoms with Gasteiger partial charge in [0.1, 0.15) is 11.4 Å². The number of hydrogen-bond donors (Lipinski definition) is 2. The number of hydrogen-bond acceptors (Lipinski definition) is 5. The van der Waals surface area contributed by atoms with E-state index in [0.717, 1.165) is 5.69 Å². The van der Waals surface area contributed by atoms with Crippen molar-refractivity contribution < 1.29 is 9.90 Å². The molecule has 0 saturated heterocycles. The zero-order valence-corrected chi connectivity index (χ0v) is 16.6. The number of aromatic nitrogens is 4. The van der Waals surface area contributed by atoms with Gasteiger partial charge in [-0.2, -0.15) is 10.1 Å². The van der Waals surface area contributed by atoms with Crippen molar-refractivity contribution in [2.45, 2.75) is 19.9 Å². The Balaban J connectivity index is 1.98. The number of anilines is 1. The lowest BCUT2D eigenvalue weighted by molar-refractivity contribution is -0.138. The zero-order chi connectivity index (χ0) is 21.3. The lowest BCUT2D eigenvalue weighted by atomic mass is 10.1. The van der Waals surface area contributed by atoms with Gasteiger partial charge in [0.05, 0.1) is 17.6 Å². The van der Waals surface area contributed by atoms with E-state index in [1.54, 1.807) is 42.8 Å². The molecular formula is C22H21N5O3. The summed E-state index contributed by atoms with van der Waals surface area (Å²) in [4.78, 5) is 29.8. The SMILES string of the molecule is CC(C)C(Nc1nc2c(cnn2-c2ccccc2)c(=O)n1-c1ccccc1)C(=O)O. The van der Waals surface area contributed by atoms with Gasteiger partial charge in [0, 0.05) is 0 Å². The van der Waals surface area contributed by atoms with Crippen molar-refractivity contribution >= 4 is 23.0 Å². The number of carboxylic acids is 1. The molecule has 8 heteroatoms. The van der Waals surface area contributed by atoms with E-state index >= 15 is 0 Å². The molecule has 2 aromatic heterocycles. The van der Waals surface area contributed by atoms with Crippen LogP contribution in [0.1, 0.15) is 13.8 Å². The molecule has 0 radical (unpaired) electrons. The second kappa shape index (κ2) is 7.82. The summed E-state index contributed by atoms with van der Waals surface area (Å²) in [5, 5.41) is 17.3. The van der Waals surface area contributed by atoms with E-state index in [0.29, 0.717) is 16.7 Å². The van der Waals surface area contributed by atoms with E-state index in [1.807, 2.05) is 36.4 Å². The van der Waals surface area contributed by atoms with Gasteiger partial charge in [0.15, 0.2) is 5.65 Å². The van der Waals surface area contributed by atoms with Crippen LogP contribution in [0.25, 0.3) is 22.4 Å². The van der Waals surface area contributed by atoms with Crippen molar-refractivity contribution in [3.8, 4) is 11.4 Å². The second-order valence-electron chi connectivity index (χ2n) is 7.24. The maximum atomic E-state index is 13.4. The van der Waals surface area contributed by atoms with Crippen LogP contribution in [-0.2, 0) is 4.79 Å². The van der Waals surface area contributed by atoms with Gasteiger partial charge in [-0.25, -0.2) is 14.0 Å². The van der Waals surface area contributed by atoms with E-state index in [2.05, 4.69) is 15.4 Å². The van der Waals surface area contributed by atoms with E-state index in [4.69, 9.17) is 0 Å². The van der Waals surface area contributed by atoms with Crippen LogP contribution in [0.5, 0.6) is 0 Å². The second-order valence-corrected chi connectivity index (χ2v) is 7.24. The first-order valence-electron chi connectivity index (χ1n) is 9.58. The van der Waals surface area contributed by atoms with Crippen LogP contribution in [-0.4, -0.2) is 36.4 Å². The Morgan fingerprint density at radius 1 is 1.00 bits per heavy atom. The summed E-state index contributed by atoms with van der Waals surface area (Å²) in [5.74, 6) is -1.09. The van der Waals surface area contributed by atoms with Crippen molar-refractivity contribution in [3.05, 3.63) is 77.2 Å². The fraction of sp³-hybridized carbons (Fsp3) is 0.182. The summed E-state index contributed by atoms with van der Waals surface area (Å²) < 4.78 is 2.96. The third-order valence-corrected chi connectivity index (χ3v) is 4.83. The summed E-state index contributed by atoms with van der Waals surface area (Å²) >= 11 is 0. The number of carbonyl (C=O) groups is 1. The molecule has 0 aliphatic heterocycles. The molecular weight excluding hydrogens is 382 g/mol. The molecule has 0 aliphatic rings. The quantitative estimate of drug-likeness (QED) is 0.513. The van der Waals surface area contributed by atoms with Gasteiger partial charge >= 0.3 is 5.97 Å². The van der Waals surface area contributed by atoms with Crippen LogP contribution in [0.4, 0.5) is 5.95 Å². The number of aliphatic carboxylic acids is 1. The van der Waals surface area contributed by atoms with Gasteiger partial charge < -0.3 is 10.4 Å². The smallest absolute Gasteiger partial charge is 0.326 e. The molecule has 8 nitrogen and oxygen atoms in total. The summed E-state index contributed by atoms with van der Waals surface area (Å²) in [6.45, 7) is 3.59. The highest BCUT2D eigenvalue weighted by atomic mass is 16.4. The van der Waals surface area contributed by atoms with Crippen molar-refractivity contribution in [2.24, 2.45) is 5.92 Å². The average molecular weight is 403 g/mol. The molecule has 0 bridgehead atoms. The predicted molar refractivity (Wildman–Crippen MR) is 114 cm³/mol. The highest BCUT2D eigenvalue weighted by Crippen LogP contribution is 2.20. The highest BCUT2D eigenvalue weighted by Gasteiger charge is 2.25. The number of rotatable bonds is 6. The molecule has 0 fully saturated rings. The molecule has 4 aromatic rings. The summed E-state index contributed by atoms with van der Waals surface area (Å²) in [5.41, 5.74) is 1.36. The molecule has 30 heavy (non-hydrogen) atoms. The number of para-hydroxylation sites is 2. The highest BCUT2D eigenvalue weighted by molar-refractivity contribution is 5.80. The van der Waals surface area contributed by atoms with Crippen LogP contribution in [0.2, 0.25) is 0 Å². The van der Waals surface area contributed by atoms with Gasteiger partial charge in [-0.1, -0.05) is 50.2 Å². The van der Waals surface area contributed by atoms with Crippen LogP contribution in [0.15, 0.2) is 71.7 Å². The van der Waals surface area contributed by atoms with Gasteiger partial charge in [-0.3, -0.25) is 4.79 Å². The fourth-order valence-electron chi connectivity index (χ4n) is 3.29. The summed E-state index contributed by atoms with van der Waals surface area (Å²) in [6.07, 6.45) is 1.48. The molecule has 2 heterocycles. The topological polar surface area (TPSA) is 102 Å². The maximum Gasteiger partial charge on any atom is 0.326 e. The first-order chi connectivity index (χ1) is 14.5. The lowest BCUT2D eigenvalue weighted by Crippen LogP contribution is -2.37. The van der Waals surface area contributed by atoms with Crippen LogP contribution < -0.4 is 10.9 Å². The van der Waals surface area contributed by atoms with Gasteiger partial charge in [-0.15, -0.1) is 0 Å². The van der Waals surface area contributed by atoms with Crippen LogP contribution >= 0.6 is 0 Å². The Labute approximate surface area is 172 Å². The van der Waals surface area contributed by atoms with E-state index < -0.39 is 12.0 Å². The Hall–Kier alpha value is -3.94. The van der Waals surface area contributed by atoms with Crippen molar-refractivity contribution in [2.75, 3.05) is 5.32 Å². The zero-order valence-electron chi connectivity index (χ0n) is 16.6. The Morgan fingerprint density at radius 3 is 2.17 bits per heavy atom. The molecule has 4 rings (SSSR count). The minimum atomic E-state index is -1.02. The van der Waals surface area contributed by atoms with Gasteiger partial charge in [0.2, 0.25) is 5.95 Å². The van der Waals surface area contributed by atoms with E-state index in [9.17, 15) is 14.7 Å². The minimum absolute atomic E-state index is 0.150. The number of nitrogens with one attached hydrogen (secondary N) is 1. The van der Waals surface area contributed by atoms with E-state index in [1.165, 1.54) is 10.8 Å².